The molecule has 2 N–H and O–H groups in total. The maximum atomic E-state index is 14.9. The second kappa shape index (κ2) is 8.82. The Hall–Kier alpha value is -3.13. The first-order chi connectivity index (χ1) is 16.4. The number of amidine groups is 1. The monoisotopic (exact) mass is 506 g/mol. The Labute approximate surface area is 203 Å². The molecule has 1 aliphatic carbocycles. The molecule has 2 aliphatic rings. The second-order valence-corrected chi connectivity index (χ2v) is 10.2. The normalized spacial score (nSPS) is 25.9. The van der Waals surface area contributed by atoms with Gasteiger partial charge in [-0.2, -0.15) is 0 Å². The van der Waals surface area contributed by atoms with Crippen LogP contribution in [0, 0.1) is 36.8 Å². The Kier molecular flexibility index (Phi) is 6.30. The van der Waals surface area contributed by atoms with Crippen LogP contribution in [0.3, 0.4) is 0 Å². The summed E-state index contributed by atoms with van der Waals surface area (Å²) in [5.41, 5.74) is 4.53. The third-order valence-corrected chi connectivity index (χ3v) is 7.67. The second-order valence-electron chi connectivity index (χ2n) is 8.82. The largest absolute Gasteiger partial charge is 0.460 e. The molecule has 1 aromatic heterocycles. The van der Waals surface area contributed by atoms with Gasteiger partial charge >= 0.3 is 0 Å². The smallest absolute Gasteiger partial charge is 0.253 e. The van der Waals surface area contributed by atoms with Gasteiger partial charge in [-0.25, -0.2) is 27.5 Å². The van der Waals surface area contributed by atoms with Crippen LogP contribution < -0.4 is 10.5 Å². The van der Waals surface area contributed by atoms with Gasteiger partial charge in [-0.15, -0.1) is 6.42 Å². The number of fused-ring (bicyclic) bond motifs is 1. The summed E-state index contributed by atoms with van der Waals surface area (Å²) < 4.78 is 61.0. The molecule has 1 saturated carbocycles. The Morgan fingerprint density at radius 1 is 1.40 bits per heavy atom. The van der Waals surface area contributed by atoms with Gasteiger partial charge in [0.1, 0.15) is 5.69 Å². The Bertz CT molecular complexity index is 1280. The summed E-state index contributed by atoms with van der Waals surface area (Å²) in [6, 6.07) is 2.18. The fourth-order valence-electron chi connectivity index (χ4n) is 4.50. The molecule has 0 bridgehead atoms. The van der Waals surface area contributed by atoms with Gasteiger partial charge in [0.05, 0.1) is 22.2 Å². The number of terminal acetylenes is 1. The quantitative estimate of drug-likeness (QED) is 0.344. The minimum atomic E-state index is -2.71. The number of carbonyl (C=O) groups is 1. The summed E-state index contributed by atoms with van der Waals surface area (Å²) in [4.78, 5) is 25.4. The molecule has 4 rings (SSSR count). The summed E-state index contributed by atoms with van der Waals surface area (Å²) in [5, 5.41) is -0.116. The minimum absolute atomic E-state index is 0.0263. The number of aryl methyl sites for hydroxylation is 1. The number of ketones is 1. The lowest BCUT2D eigenvalue weighted by Crippen LogP contribution is -2.39. The fraction of sp³-hybridized carbons (Fsp3) is 0.417. The molecule has 0 saturated heterocycles. The van der Waals surface area contributed by atoms with E-state index in [2.05, 4.69) is 20.9 Å². The van der Waals surface area contributed by atoms with Crippen LogP contribution in [0.2, 0.25) is 0 Å². The lowest BCUT2D eigenvalue weighted by molar-refractivity contribution is 0.0986. The topological polar surface area (TPSA) is 90.5 Å². The number of halogens is 4. The number of alkyl halides is 2. The number of ether oxygens (including phenoxy) is 1. The van der Waals surface area contributed by atoms with Crippen LogP contribution in [0.25, 0.3) is 0 Å². The molecule has 6 nitrogen and oxygen atoms in total. The van der Waals surface area contributed by atoms with Crippen molar-refractivity contribution in [2.45, 2.75) is 56.4 Å². The third-order valence-electron chi connectivity index (χ3n) is 6.36. The van der Waals surface area contributed by atoms with E-state index in [1.165, 1.54) is 19.2 Å². The average molecular weight is 507 g/mol. The molecule has 1 aliphatic heterocycles. The molecule has 2 heterocycles. The van der Waals surface area contributed by atoms with Crippen LogP contribution in [0.15, 0.2) is 23.3 Å². The predicted molar refractivity (Wildman–Crippen MR) is 123 cm³/mol. The number of nitrogens with zero attached hydrogens (tertiary/aromatic N) is 3. The number of hydrogen-bond acceptors (Lipinski definition) is 7. The SMILES string of the molecule is C#C[C@H](C)Oc1cnc(C(=O)Cc2cc(F)c(F)c([C@@]3(C)N=C(N)S[C@@]4(C(F)F)C[C@@H]34)c2)c(C)n1. The van der Waals surface area contributed by atoms with Gasteiger partial charge in [0.25, 0.3) is 6.43 Å². The van der Waals surface area contributed by atoms with Gasteiger partial charge in [0.15, 0.2) is 28.7 Å². The Morgan fingerprint density at radius 3 is 2.74 bits per heavy atom. The van der Waals surface area contributed by atoms with Crippen LogP contribution in [0.4, 0.5) is 17.6 Å². The third kappa shape index (κ3) is 4.35. The van der Waals surface area contributed by atoms with Gasteiger partial charge in [-0.05, 0) is 44.9 Å². The van der Waals surface area contributed by atoms with Crippen molar-refractivity contribution in [1.29, 1.82) is 0 Å². The van der Waals surface area contributed by atoms with E-state index in [1.807, 2.05) is 0 Å². The molecule has 0 spiro atoms. The van der Waals surface area contributed by atoms with Crippen molar-refractivity contribution in [2.75, 3.05) is 0 Å². The molecule has 0 amide bonds. The standard InChI is InChI=1S/C24H22F4N4O2S/c1-5-11(2)34-18-10-30-20(12(3)31-18)16(33)8-13-6-14(19(26)15(25)7-13)23(4)17-9-24(17,21(27)28)35-22(29)32-23/h1,6-7,10-11,17,21H,8-9H2,2-4H3,(H2,29,32)/t11-,17-,23+,24-/m0/s1. The molecule has 0 radical (unpaired) electrons. The molecule has 1 fully saturated rings. The molecular weight excluding hydrogens is 484 g/mol. The van der Waals surface area contributed by atoms with Gasteiger partial charge in [0.2, 0.25) is 5.88 Å². The minimum Gasteiger partial charge on any atom is -0.460 e. The molecular formula is C24H22F4N4O2S. The predicted octanol–water partition coefficient (Wildman–Crippen LogP) is 4.19. The molecule has 35 heavy (non-hydrogen) atoms. The number of rotatable bonds is 7. The van der Waals surface area contributed by atoms with Crippen LogP contribution in [0.5, 0.6) is 5.88 Å². The summed E-state index contributed by atoms with van der Waals surface area (Å²) in [6.45, 7) is 4.66. The summed E-state index contributed by atoms with van der Waals surface area (Å²) in [6.07, 6.45) is 3.00. The van der Waals surface area contributed by atoms with Gasteiger partial charge in [-0.3, -0.25) is 9.79 Å². The van der Waals surface area contributed by atoms with Crippen molar-refractivity contribution >= 4 is 22.7 Å². The average Bonchev–Trinajstić information content (AvgIpc) is 3.53. The first kappa shape index (κ1) is 25.0. The van der Waals surface area contributed by atoms with Crippen LogP contribution in [-0.2, 0) is 12.0 Å². The number of Topliss-reactive ketones (excluding diaryl/α,β-unsaturated/α-hetero) is 1. The van der Waals surface area contributed by atoms with Crippen molar-refractivity contribution in [1.82, 2.24) is 9.97 Å². The number of benzene rings is 1. The molecule has 4 atom stereocenters. The first-order valence-electron chi connectivity index (χ1n) is 10.7. The zero-order valence-electron chi connectivity index (χ0n) is 19.1. The van der Waals surface area contributed by atoms with Crippen LogP contribution >= 0.6 is 11.8 Å². The maximum absolute atomic E-state index is 14.9. The van der Waals surface area contributed by atoms with Gasteiger partial charge < -0.3 is 10.5 Å². The van der Waals surface area contributed by atoms with Crippen molar-refractivity contribution in [3.05, 3.63) is 52.5 Å². The zero-order chi connectivity index (χ0) is 25.7. The van der Waals surface area contributed by atoms with E-state index < -0.39 is 46.2 Å². The van der Waals surface area contributed by atoms with E-state index in [0.717, 1.165) is 17.8 Å². The summed E-state index contributed by atoms with van der Waals surface area (Å²) in [7, 11) is 0. The zero-order valence-corrected chi connectivity index (χ0v) is 19.9. The van der Waals surface area contributed by atoms with Crippen molar-refractivity contribution < 1.29 is 27.1 Å². The Balaban J connectivity index is 1.64. The van der Waals surface area contributed by atoms with Crippen molar-refractivity contribution in [2.24, 2.45) is 16.6 Å². The Morgan fingerprint density at radius 2 is 2.11 bits per heavy atom. The number of nitrogens with two attached hydrogens (primary N) is 1. The van der Waals surface area contributed by atoms with Crippen molar-refractivity contribution in [3.63, 3.8) is 0 Å². The maximum Gasteiger partial charge on any atom is 0.253 e. The van der Waals surface area contributed by atoms with E-state index in [1.54, 1.807) is 13.8 Å². The number of thioether (sulfide) groups is 1. The molecule has 2 aromatic rings. The van der Waals surface area contributed by atoms with Gasteiger partial charge in [-0.1, -0.05) is 17.7 Å². The fourth-order valence-corrected chi connectivity index (χ4v) is 5.83. The molecule has 1 aromatic carbocycles. The highest BCUT2D eigenvalue weighted by molar-refractivity contribution is 8.15. The first-order valence-corrected chi connectivity index (χ1v) is 11.5. The van der Waals surface area contributed by atoms with E-state index in [0.29, 0.717) is 0 Å². The highest BCUT2D eigenvalue weighted by Crippen LogP contribution is 2.68. The number of aromatic nitrogens is 2. The van der Waals surface area contributed by atoms with Crippen LogP contribution in [-0.4, -0.2) is 38.2 Å². The summed E-state index contributed by atoms with van der Waals surface area (Å²) >= 11 is 0.769. The molecule has 11 heteroatoms. The molecule has 0 unspecified atom stereocenters. The molecule has 184 valence electrons. The van der Waals surface area contributed by atoms with E-state index in [9.17, 15) is 22.4 Å². The van der Waals surface area contributed by atoms with E-state index in [-0.39, 0.29) is 46.4 Å². The lowest BCUT2D eigenvalue weighted by Gasteiger charge is -2.34. The highest BCUT2D eigenvalue weighted by atomic mass is 32.2. The van der Waals surface area contributed by atoms with Crippen LogP contribution in [0.1, 0.15) is 47.6 Å². The summed E-state index contributed by atoms with van der Waals surface area (Å²) in [5.74, 6) is -1.13. The number of carbonyl (C=O) groups excluding carboxylic acids is 1. The number of hydrogen-bond donors (Lipinski definition) is 1. The van der Waals surface area contributed by atoms with E-state index in [4.69, 9.17) is 16.9 Å². The van der Waals surface area contributed by atoms with E-state index >= 15 is 0 Å². The highest BCUT2D eigenvalue weighted by Gasteiger charge is 2.71. The van der Waals surface area contributed by atoms with Crippen molar-refractivity contribution in [3.8, 4) is 18.2 Å². The van der Waals surface area contributed by atoms with Gasteiger partial charge in [0, 0.05) is 17.9 Å². The lowest BCUT2D eigenvalue weighted by atomic mass is 9.84. The number of aliphatic imine (C=N–C) groups is 1.